The van der Waals surface area contributed by atoms with Gasteiger partial charge in [-0.25, -0.2) is 0 Å². The van der Waals surface area contributed by atoms with E-state index in [0.717, 1.165) is 24.2 Å². The van der Waals surface area contributed by atoms with Gasteiger partial charge in [-0.1, -0.05) is 164 Å². The zero-order valence-electron chi connectivity index (χ0n) is 42.0. The predicted molar refractivity (Wildman–Crippen MR) is 297 cm³/mol. The minimum absolute atomic E-state index is 0.0115. The first-order valence-electron chi connectivity index (χ1n) is 26.3. The second-order valence-corrected chi connectivity index (χ2v) is 23.0. The van der Waals surface area contributed by atoms with Crippen molar-refractivity contribution in [1.82, 2.24) is 0 Å². The summed E-state index contributed by atoms with van der Waals surface area (Å²) in [5, 5.41) is 0. The van der Waals surface area contributed by atoms with Gasteiger partial charge in [-0.2, -0.15) is 0 Å². The van der Waals surface area contributed by atoms with Crippen LogP contribution < -0.4 is 25.5 Å². The summed E-state index contributed by atoms with van der Waals surface area (Å²) in [4.78, 5) is 8.26. The standard InChI is InChI=1S/C66H62BN3/c1-8-9-22-42-35-57-62-58(36-42)67-61-52(37-46(39-60(61)69(62)66(7)34-21-20-33-65(57,66)6)68(43-23-12-10-13-24-43)44-25-14-11-15-26-44)51-40-50-48-28-17-19-30-54(48)64(4,5)56(50)41-59(51)70(67)45-31-32-49-47-27-16-18-29-53(47)63(2,3)55(49)38-45/h10-19,23-32,35-41H,8-9,20-22,33-34H2,1-7H3. The van der Waals surface area contributed by atoms with Crippen LogP contribution in [0.15, 0.2) is 164 Å². The van der Waals surface area contributed by atoms with Gasteiger partial charge in [0.1, 0.15) is 0 Å². The lowest BCUT2D eigenvalue weighted by Crippen LogP contribution is -2.64. The highest BCUT2D eigenvalue weighted by atomic mass is 15.3. The van der Waals surface area contributed by atoms with Crippen molar-refractivity contribution >= 4 is 57.6 Å². The van der Waals surface area contributed by atoms with E-state index in [1.165, 1.54) is 133 Å². The summed E-state index contributed by atoms with van der Waals surface area (Å²) < 4.78 is 0. The highest BCUT2D eigenvalue weighted by Crippen LogP contribution is 2.64. The minimum Gasteiger partial charge on any atom is -0.376 e. The third kappa shape index (κ3) is 5.43. The van der Waals surface area contributed by atoms with Gasteiger partial charge in [-0.05, 0) is 165 Å². The molecule has 2 atom stereocenters. The van der Waals surface area contributed by atoms with Crippen molar-refractivity contribution in [2.45, 2.75) is 115 Å². The van der Waals surface area contributed by atoms with Gasteiger partial charge in [0.15, 0.2) is 0 Å². The van der Waals surface area contributed by atoms with Crippen LogP contribution in [0.5, 0.6) is 0 Å². The summed E-state index contributed by atoms with van der Waals surface area (Å²) in [7, 11) is 0. The Morgan fingerprint density at radius 3 is 1.80 bits per heavy atom. The predicted octanol–water partition coefficient (Wildman–Crippen LogP) is 16.1. The van der Waals surface area contributed by atoms with E-state index in [1.807, 2.05) is 0 Å². The van der Waals surface area contributed by atoms with Crippen LogP contribution in [0.4, 0.5) is 39.8 Å². The van der Waals surface area contributed by atoms with Crippen molar-refractivity contribution in [3.8, 4) is 33.4 Å². The normalized spacial score (nSPS) is 20.7. The van der Waals surface area contributed by atoms with Crippen molar-refractivity contribution in [3.05, 3.63) is 197 Å². The zero-order chi connectivity index (χ0) is 47.5. The highest BCUT2D eigenvalue weighted by Gasteiger charge is 2.62. The zero-order valence-corrected chi connectivity index (χ0v) is 42.0. The first-order valence-corrected chi connectivity index (χ1v) is 26.3. The number of para-hydroxylation sites is 2. The van der Waals surface area contributed by atoms with Crippen LogP contribution in [-0.2, 0) is 22.7 Å². The summed E-state index contributed by atoms with van der Waals surface area (Å²) in [6.45, 7) is 17.3. The molecule has 0 aromatic heterocycles. The first kappa shape index (κ1) is 42.1. The lowest BCUT2D eigenvalue weighted by molar-refractivity contribution is 0.195. The number of anilines is 7. The van der Waals surface area contributed by atoms with Gasteiger partial charge in [0.25, 0.3) is 0 Å². The maximum atomic E-state index is 2.92. The molecule has 6 aliphatic rings. The van der Waals surface area contributed by atoms with Crippen molar-refractivity contribution in [3.63, 3.8) is 0 Å². The van der Waals surface area contributed by atoms with Crippen LogP contribution in [-0.4, -0.2) is 12.4 Å². The molecule has 3 aliphatic carbocycles. The third-order valence-corrected chi connectivity index (χ3v) is 18.7. The van der Waals surface area contributed by atoms with E-state index >= 15 is 0 Å². The Balaban J connectivity index is 1.13. The molecule has 0 N–H and O–H groups in total. The summed E-state index contributed by atoms with van der Waals surface area (Å²) >= 11 is 0. The number of nitrogens with zero attached hydrogens (tertiary/aromatic N) is 3. The summed E-state index contributed by atoms with van der Waals surface area (Å²) in [6, 6.07) is 63.7. The number of hydrogen-bond acceptors (Lipinski definition) is 3. The molecule has 0 amide bonds. The Labute approximate surface area is 415 Å². The Morgan fingerprint density at radius 1 is 0.500 bits per heavy atom. The third-order valence-electron chi connectivity index (χ3n) is 18.7. The van der Waals surface area contributed by atoms with E-state index in [-0.39, 0.29) is 28.6 Å². The van der Waals surface area contributed by atoms with E-state index in [4.69, 9.17) is 0 Å². The smallest absolute Gasteiger partial charge is 0.333 e. The lowest BCUT2D eigenvalue weighted by atomic mass is 9.43. The Hall–Kier alpha value is -6.78. The highest BCUT2D eigenvalue weighted by molar-refractivity contribution is 6.93. The van der Waals surface area contributed by atoms with Crippen molar-refractivity contribution < 1.29 is 0 Å². The first-order chi connectivity index (χ1) is 33.9. The molecule has 1 fully saturated rings. The Morgan fingerprint density at radius 2 is 1.11 bits per heavy atom. The maximum Gasteiger partial charge on any atom is 0.333 e. The largest absolute Gasteiger partial charge is 0.376 e. The number of hydrogen-bond donors (Lipinski definition) is 0. The number of unbranched alkanes of at least 4 members (excludes halogenated alkanes) is 1. The number of aryl methyl sites for hydroxylation is 1. The molecule has 3 nitrogen and oxygen atoms in total. The topological polar surface area (TPSA) is 9.72 Å². The van der Waals surface area contributed by atoms with E-state index < -0.39 is 0 Å². The molecule has 1 saturated carbocycles. The molecule has 344 valence electrons. The van der Waals surface area contributed by atoms with Crippen LogP contribution in [0, 0.1) is 0 Å². The van der Waals surface area contributed by atoms with Gasteiger partial charge in [0, 0.05) is 61.6 Å². The van der Waals surface area contributed by atoms with Crippen LogP contribution >= 0.6 is 0 Å². The molecule has 0 bridgehead atoms. The molecular weight excluding hydrogens is 846 g/mol. The van der Waals surface area contributed by atoms with Crippen molar-refractivity contribution in [2.75, 3.05) is 14.6 Å². The Bertz CT molecular complexity index is 3460. The fraction of sp³-hybridized carbons (Fsp3) is 0.273. The van der Waals surface area contributed by atoms with Crippen LogP contribution in [0.1, 0.15) is 120 Å². The number of benzene rings is 8. The molecule has 0 saturated heterocycles. The summed E-state index contributed by atoms with van der Waals surface area (Å²) in [5.74, 6) is 0. The van der Waals surface area contributed by atoms with Crippen LogP contribution in [0.2, 0.25) is 0 Å². The fourth-order valence-electron chi connectivity index (χ4n) is 14.9. The summed E-state index contributed by atoms with van der Waals surface area (Å²) in [6.07, 6.45) is 8.33. The molecule has 4 heteroatoms. The molecular formula is C66H62BN3. The van der Waals surface area contributed by atoms with Gasteiger partial charge in [0.2, 0.25) is 0 Å². The molecule has 3 aliphatic heterocycles. The minimum atomic E-state index is -0.164. The van der Waals surface area contributed by atoms with Crippen molar-refractivity contribution in [1.29, 1.82) is 0 Å². The lowest BCUT2D eigenvalue weighted by Gasteiger charge is -2.53. The molecule has 8 aromatic carbocycles. The number of rotatable bonds is 7. The fourth-order valence-corrected chi connectivity index (χ4v) is 14.9. The van der Waals surface area contributed by atoms with Crippen molar-refractivity contribution in [2.24, 2.45) is 0 Å². The Kier molecular flexibility index (Phi) is 8.81. The monoisotopic (exact) mass is 908 g/mol. The summed E-state index contributed by atoms with van der Waals surface area (Å²) in [5.41, 5.74) is 28.2. The van der Waals surface area contributed by atoms with Gasteiger partial charge >= 0.3 is 6.85 Å². The van der Waals surface area contributed by atoms with Crippen LogP contribution in [0.25, 0.3) is 33.4 Å². The SMILES string of the molecule is CCCCc1cc2c3c(c1)C1(C)CCCCC1(C)N3c1cc(N(c3ccccc3)c3ccccc3)cc3c1B2N(c1ccc2c(c1)C(C)(C)c1ccccc1-2)c1cc2c(cc1-3)-c1ccccc1C2(C)C. The second kappa shape index (κ2) is 14.6. The quantitative estimate of drug-likeness (QED) is 0.148. The van der Waals surface area contributed by atoms with E-state index in [0.29, 0.717) is 0 Å². The van der Waals surface area contributed by atoms with Gasteiger partial charge in [-0.15, -0.1) is 0 Å². The van der Waals surface area contributed by atoms with Gasteiger partial charge in [0.05, 0.1) is 5.54 Å². The number of fused-ring (bicyclic) bond motifs is 13. The molecule has 2 unspecified atom stereocenters. The average Bonchev–Trinajstić information content (AvgIpc) is 3.85. The molecule has 3 heterocycles. The van der Waals surface area contributed by atoms with Gasteiger partial charge < -0.3 is 14.6 Å². The van der Waals surface area contributed by atoms with Crippen LogP contribution in [0.3, 0.4) is 0 Å². The molecule has 0 spiro atoms. The second-order valence-electron chi connectivity index (χ2n) is 23.0. The molecule has 0 radical (unpaired) electrons. The van der Waals surface area contributed by atoms with E-state index in [1.54, 1.807) is 5.56 Å². The maximum absolute atomic E-state index is 2.92. The molecule has 70 heavy (non-hydrogen) atoms. The van der Waals surface area contributed by atoms with E-state index in [2.05, 4.69) is 227 Å². The molecule has 14 rings (SSSR count). The molecule has 8 aromatic rings. The van der Waals surface area contributed by atoms with Gasteiger partial charge in [-0.3, -0.25) is 0 Å². The average molecular weight is 908 g/mol. The van der Waals surface area contributed by atoms with E-state index in [9.17, 15) is 0 Å².